The molecule has 0 bridgehead atoms. The molecule has 1 aliphatic carbocycles. The molecule has 40 heavy (non-hydrogen) atoms. The average molecular weight is 537 g/mol. The number of nitrogens with two attached hydrogens (primary N) is 2. The van der Waals surface area contributed by atoms with Gasteiger partial charge < -0.3 is 11.5 Å². The van der Waals surface area contributed by atoms with Crippen molar-refractivity contribution in [3.05, 3.63) is 99.6 Å². The molecule has 0 saturated carbocycles. The molecule has 200 valence electrons. The van der Waals surface area contributed by atoms with Crippen molar-refractivity contribution in [1.82, 2.24) is 19.2 Å². The maximum atomic E-state index is 13.8. The van der Waals surface area contributed by atoms with Crippen molar-refractivity contribution in [2.75, 3.05) is 5.73 Å². The van der Waals surface area contributed by atoms with E-state index in [9.17, 15) is 18.8 Å². The van der Waals surface area contributed by atoms with Crippen LogP contribution in [0.5, 0.6) is 0 Å². The molecule has 5 aromatic rings. The van der Waals surface area contributed by atoms with Gasteiger partial charge in [-0.15, -0.1) is 0 Å². The summed E-state index contributed by atoms with van der Waals surface area (Å²) in [6.45, 7) is 2.02. The fourth-order valence-corrected chi connectivity index (χ4v) is 5.60. The molecule has 10 heteroatoms. The third-order valence-corrected chi connectivity index (χ3v) is 7.41. The highest BCUT2D eigenvalue weighted by atomic mass is 19.1. The molecule has 2 aromatic carbocycles. The minimum absolute atomic E-state index is 0.186. The number of hydrogen-bond donors (Lipinski definition) is 2. The SMILES string of the molecule is CCc1cc(-c2ccc(-c3c4c(n(-c5ccc(F)cc5)c(=O)c3C(N)=O)CCCC4=O)cc2)c2c(N)ncnn12. The molecule has 0 unspecified atom stereocenters. The number of anilines is 1. The van der Waals surface area contributed by atoms with Crippen molar-refractivity contribution in [3.63, 3.8) is 0 Å². The second-order valence-electron chi connectivity index (χ2n) is 9.72. The first-order valence-electron chi connectivity index (χ1n) is 12.9. The second kappa shape index (κ2) is 9.57. The van der Waals surface area contributed by atoms with E-state index in [0.717, 1.165) is 23.2 Å². The van der Waals surface area contributed by atoms with Gasteiger partial charge in [0.25, 0.3) is 11.5 Å². The van der Waals surface area contributed by atoms with Gasteiger partial charge in [0.2, 0.25) is 0 Å². The van der Waals surface area contributed by atoms with Crippen LogP contribution in [0.25, 0.3) is 33.5 Å². The van der Waals surface area contributed by atoms with E-state index in [1.807, 2.05) is 25.1 Å². The van der Waals surface area contributed by atoms with E-state index < -0.39 is 17.3 Å². The van der Waals surface area contributed by atoms with Crippen molar-refractivity contribution in [3.8, 4) is 27.9 Å². The van der Waals surface area contributed by atoms with Gasteiger partial charge in [0, 0.05) is 40.2 Å². The number of fused-ring (bicyclic) bond motifs is 2. The molecule has 1 aliphatic rings. The lowest BCUT2D eigenvalue weighted by Gasteiger charge is -2.25. The molecule has 1 amide bonds. The topological polar surface area (TPSA) is 138 Å². The van der Waals surface area contributed by atoms with E-state index in [1.54, 1.807) is 16.6 Å². The minimum Gasteiger partial charge on any atom is -0.382 e. The summed E-state index contributed by atoms with van der Waals surface area (Å²) >= 11 is 0. The van der Waals surface area contributed by atoms with Gasteiger partial charge in [-0.1, -0.05) is 31.2 Å². The lowest BCUT2D eigenvalue weighted by atomic mass is 9.84. The molecule has 0 spiro atoms. The number of rotatable bonds is 5. The van der Waals surface area contributed by atoms with Gasteiger partial charge in [-0.3, -0.25) is 19.0 Å². The Morgan fingerprint density at radius 1 is 1.00 bits per heavy atom. The smallest absolute Gasteiger partial charge is 0.268 e. The normalized spacial score (nSPS) is 13.0. The van der Waals surface area contributed by atoms with Crippen LogP contribution in [0.3, 0.4) is 0 Å². The number of carbonyl (C=O) groups excluding carboxylic acids is 2. The van der Waals surface area contributed by atoms with E-state index in [1.165, 1.54) is 35.2 Å². The second-order valence-corrected chi connectivity index (χ2v) is 9.72. The zero-order valence-electron chi connectivity index (χ0n) is 21.6. The van der Waals surface area contributed by atoms with E-state index in [-0.39, 0.29) is 28.9 Å². The van der Waals surface area contributed by atoms with Crippen molar-refractivity contribution in [1.29, 1.82) is 0 Å². The zero-order valence-corrected chi connectivity index (χ0v) is 21.6. The number of Topliss-reactive ketones (excluding diaryl/α,β-unsaturated/α-hetero) is 1. The summed E-state index contributed by atoms with van der Waals surface area (Å²) in [7, 11) is 0. The van der Waals surface area contributed by atoms with Gasteiger partial charge in [0.05, 0.1) is 0 Å². The Bertz CT molecular complexity index is 1890. The number of nitrogen functional groups attached to an aromatic ring is 1. The van der Waals surface area contributed by atoms with E-state index in [2.05, 4.69) is 10.1 Å². The quantitative estimate of drug-likeness (QED) is 0.347. The summed E-state index contributed by atoms with van der Waals surface area (Å²) in [5.74, 6) is -1.26. The molecule has 0 aliphatic heterocycles. The summed E-state index contributed by atoms with van der Waals surface area (Å²) in [6.07, 6.45) is 3.40. The van der Waals surface area contributed by atoms with Crippen LogP contribution in [-0.4, -0.2) is 30.9 Å². The number of ketones is 1. The van der Waals surface area contributed by atoms with E-state index in [0.29, 0.717) is 41.1 Å². The summed E-state index contributed by atoms with van der Waals surface area (Å²) in [6, 6.07) is 14.5. The van der Waals surface area contributed by atoms with Crippen LogP contribution < -0.4 is 17.0 Å². The molecule has 0 atom stereocenters. The molecule has 3 heterocycles. The first-order chi connectivity index (χ1) is 19.3. The van der Waals surface area contributed by atoms with Gasteiger partial charge in [-0.25, -0.2) is 13.9 Å². The average Bonchev–Trinajstić information content (AvgIpc) is 3.33. The standard InChI is InChI=1S/C30H25FN6O3/c1-2-19-14-21(27-28(32)34-15-35-37(19)27)16-6-8-17(9-7-16)24-25-22(4-3-5-23(25)38)36(30(40)26(24)29(33)39)20-12-10-18(31)11-13-20/h6-15H,2-5H2,1H3,(H2,33,39)(H2,32,34,35). The number of aromatic nitrogens is 4. The lowest BCUT2D eigenvalue weighted by molar-refractivity contribution is 0.0971. The van der Waals surface area contributed by atoms with Crippen molar-refractivity contribution in [2.45, 2.75) is 32.6 Å². The van der Waals surface area contributed by atoms with Crippen LogP contribution in [0.15, 0.2) is 65.7 Å². The van der Waals surface area contributed by atoms with Gasteiger partial charge in [0.15, 0.2) is 11.6 Å². The monoisotopic (exact) mass is 536 g/mol. The molecule has 0 fully saturated rings. The molecule has 6 rings (SSSR count). The molecule has 3 aromatic heterocycles. The molecular weight excluding hydrogens is 511 g/mol. The molecular formula is C30H25FN6O3. The number of amides is 1. The number of benzene rings is 2. The van der Waals surface area contributed by atoms with Gasteiger partial charge >= 0.3 is 0 Å². The predicted molar refractivity (Wildman–Crippen MR) is 149 cm³/mol. The predicted octanol–water partition coefficient (Wildman–Crippen LogP) is 4.12. The third kappa shape index (κ3) is 3.87. The lowest BCUT2D eigenvalue weighted by Crippen LogP contribution is -2.35. The Morgan fingerprint density at radius 3 is 2.38 bits per heavy atom. The van der Waals surface area contributed by atoms with Crippen LogP contribution >= 0.6 is 0 Å². The number of carbonyl (C=O) groups is 2. The number of aryl methyl sites for hydroxylation is 1. The maximum absolute atomic E-state index is 13.8. The van der Waals surface area contributed by atoms with Crippen LogP contribution in [-0.2, 0) is 12.8 Å². The van der Waals surface area contributed by atoms with Crippen molar-refractivity contribution >= 4 is 23.0 Å². The first-order valence-corrected chi connectivity index (χ1v) is 12.9. The number of primary amides is 1. The summed E-state index contributed by atoms with van der Waals surface area (Å²) in [5, 5.41) is 4.34. The summed E-state index contributed by atoms with van der Waals surface area (Å²) in [4.78, 5) is 44.1. The maximum Gasteiger partial charge on any atom is 0.268 e. The number of nitrogens with zero attached hydrogens (tertiary/aromatic N) is 4. The Kier molecular flexibility index (Phi) is 6.02. The van der Waals surface area contributed by atoms with Crippen LogP contribution in [0, 0.1) is 5.82 Å². The highest BCUT2D eigenvalue weighted by Crippen LogP contribution is 2.36. The number of halogens is 1. The minimum atomic E-state index is -0.947. The first kappa shape index (κ1) is 25.2. The summed E-state index contributed by atoms with van der Waals surface area (Å²) < 4.78 is 16.7. The Hall–Kier alpha value is -5.12. The summed E-state index contributed by atoms with van der Waals surface area (Å²) in [5.41, 5.74) is 16.2. The highest BCUT2D eigenvalue weighted by molar-refractivity contribution is 6.10. The van der Waals surface area contributed by atoms with Crippen molar-refractivity contribution in [2.24, 2.45) is 5.73 Å². The van der Waals surface area contributed by atoms with E-state index in [4.69, 9.17) is 11.5 Å². The van der Waals surface area contributed by atoms with Gasteiger partial charge in [0.1, 0.15) is 23.2 Å². The fraction of sp³-hybridized carbons (Fsp3) is 0.167. The Labute approximate surface area is 227 Å². The van der Waals surface area contributed by atoms with Crippen molar-refractivity contribution < 1.29 is 14.0 Å². The Balaban J connectivity index is 1.58. The molecule has 0 saturated heterocycles. The zero-order chi connectivity index (χ0) is 28.1. The fourth-order valence-electron chi connectivity index (χ4n) is 5.60. The van der Waals surface area contributed by atoms with Gasteiger partial charge in [-0.05, 0) is 60.7 Å². The Morgan fingerprint density at radius 2 is 1.70 bits per heavy atom. The van der Waals surface area contributed by atoms with Crippen LogP contribution in [0.1, 0.15) is 51.9 Å². The van der Waals surface area contributed by atoms with Crippen LogP contribution in [0.4, 0.5) is 10.2 Å². The van der Waals surface area contributed by atoms with Gasteiger partial charge in [-0.2, -0.15) is 5.10 Å². The van der Waals surface area contributed by atoms with Crippen LogP contribution in [0.2, 0.25) is 0 Å². The highest BCUT2D eigenvalue weighted by Gasteiger charge is 2.31. The molecule has 4 N–H and O–H groups in total. The third-order valence-electron chi connectivity index (χ3n) is 7.41. The number of hydrogen-bond acceptors (Lipinski definition) is 6. The largest absolute Gasteiger partial charge is 0.382 e. The van der Waals surface area contributed by atoms with E-state index >= 15 is 0 Å². The molecule has 0 radical (unpaired) electrons. The number of pyridine rings is 1. The molecule has 9 nitrogen and oxygen atoms in total.